The topological polar surface area (TPSA) is 47.8 Å². The highest BCUT2D eigenvalue weighted by Crippen LogP contribution is 2.36. The second-order valence-corrected chi connectivity index (χ2v) is 10.4. The van der Waals surface area contributed by atoms with E-state index in [9.17, 15) is 26.3 Å². The number of hydrogen-bond acceptors (Lipinski definition) is 5. The third-order valence-electron chi connectivity index (χ3n) is 7.66. The van der Waals surface area contributed by atoms with Crippen LogP contribution in [0.15, 0.2) is 54.7 Å². The Balaban J connectivity index is 1.21. The van der Waals surface area contributed by atoms with E-state index in [0.717, 1.165) is 88.2 Å². The van der Waals surface area contributed by atoms with Crippen LogP contribution in [0.4, 0.5) is 43.4 Å². The first-order valence-electron chi connectivity index (χ1n) is 13.1. The SMILES string of the molecule is C=C(C(C)CN1CCN(c2ccc(C(F)(F)F)cc2)CC1)N1CCC(Nc2ccc(N)c(C(F)(F)F)c2)CC1. The number of nitrogens with two attached hydrogens (primary N) is 1. The molecule has 214 valence electrons. The maximum Gasteiger partial charge on any atom is 0.418 e. The maximum atomic E-state index is 13.2. The molecule has 2 aliphatic rings. The molecule has 2 fully saturated rings. The van der Waals surface area contributed by atoms with Gasteiger partial charge >= 0.3 is 12.4 Å². The minimum atomic E-state index is -4.49. The third kappa shape index (κ3) is 7.32. The molecule has 2 saturated heterocycles. The number of anilines is 3. The Hall–Kier alpha value is -3.08. The van der Waals surface area contributed by atoms with Gasteiger partial charge in [-0.1, -0.05) is 13.5 Å². The standard InChI is InChI=1S/C28H35F6N5/c1-19(18-37-13-15-39(16-14-37)24-6-3-21(4-7-24)27(29,30)31)20(2)38-11-9-22(10-12-38)36-23-5-8-26(35)25(17-23)28(32,33)34/h3-8,17,19,22,36H,2,9-16,18,35H2,1H3. The van der Waals surface area contributed by atoms with Crippen molar-refractivity contribution in [3.05, 3.63) is 65.9 Å². The van der Waals surface area contributed by atoms with Crippen molar-refractivity contribution in [3.63, 3.8) is 0 Å². The lowest BCUT2D eigenvalue weighted by atomic mass is 10.00. The van der Waals surface area contributed by atoms with Gasteiger partial charge in [0.05, 0.1) is 11.1 Å². The molecule has 0 radical (unpaired) electrons. The fourth-order valence-electron chi connectivity index (χ4n) is 5.29. The predicted octanol–water partition coefficient (Wildman–Crippen LogP) is 6.15. The van der Waals surface area contributed by atoms with Gasteiger partial charge in [-0.15, -0.1) is 0 Å². The number of likely N-dealkylation sites (tertiary alicyclic amines) is 1. The van der Waals surface area contributed by atoms with E-state index in [4.69, 9.17) is 5.73 Å². The Labute approximate surface area is 225 Å². The van der Waals surface area contributed by atoms with Gasteiger partial charge in [-0.3, -0.25) is 4.90 Å². The summed E-state index contributed by atoms with van der Waals surface area (Å²) in [7, 11) is 0. The smallest absolute Gasteiger partial charge is 0.398 e. The lowest BCUT2D eigenvalue weighted by molar-refractivity contribution is -0.138. The molecule has 0 saturated carbocycles. The van der Waals surface area contributed by atoms with E-state index in [2.05, 4.69) is 33.5 Å². The lowest BCUT2D eigenvalue weighted by Gasteiger charge is -2.40. The molecule has 4 rings (SSSR count). The summed E-state index contributed by atoms with van der Waals surface area (Å²) in [4.78, 5) is 6.71. The molecule has 39 heavy (non-hydrogen) atoms. The van der Waals surface area contributed by atoms with E-state index in [-0.39, 0.29) is 17.6 Å². The first kappa shape index (κ1) is 28.9. The molecule has 2 aromatic carbocycles. The van der Waals surface area contributed by atoms with Crippen LogP contribution in [0.2, 0.25) is 0 Å². The lowest BCUT2D eigenvalue weighted by Crippen LogP contribution is -2.48. The summed E-state index contributed by atoms with van der Waals surface area (Å²) >= 11 is 0. The van der Waals surface area contributed by atoms with E-state index in [0.29, 0.717) is 5.69 Å². The van der Waals surface area contributed by atoms with Crippen molar-refractivity contribution >= 4 is 17.1 Å². The normalized spacial score (nSPS) is 18.7. The average Bonchev–Trinajstić information content (AvgIpc) is 2.89. The van der Waals surface area contributed by atoms with Crippen LogP contribution in [0.3, 0.4) is 0 Å². The minimum absolute atomic E-state index is 0.0624. The summed E-state index contributed by atoms with van der Waals surface area (Å²) in [5.41, 5.74) is 6.01. The summed E-state index contributed by atoms with van der Waals surface area (Å²) in [6.07, 6.45) is -7.26. The largest absolute Gasteiger partial charge is 0.418 e. The molecule has 1 unspecified atom stereocenters. The zero-order chi connectivity index (χ0) is 28.4. The van der Waals surface area contributed by atoms with Gasteiger partial charge in [0.1, 0.15) is 0 Å². The van der Waals surface area contributed by atoms with Crippen molar-refractivity contribution in [2.75, 3.05) is 61.8 Å². The number of nitrogens with one attached hydrogen (secondary N) is 1. The maximum absolute atomic E-state index is 13.2. The number of halogens is 6. The van der Waals surface area contributed by atoms with Gasteiger partial charge in [0.25, 0.3) is 0 Å². The fourth-order valence-corrected chi connectivity index (χ4v) is 5.29. The number of piperazine rings is 1. The Morgan fingerprint density at radius 1 is 0.923 bits per heavy atom. The van der Waals surface area contributed by atoms with Crippen LogP contribution in [-0.4, -0.2) is 61.7 Å². The van der Waals surface area contributed by atoms with E-state index in [1.54, 1.807) is 6.07 Å². The van der Waals surface area contributed by atoms with Crippen molar-refractivity contribution in [1.29, 1.82) is 0 Å². The molecule has 0 bridgehead atoms. The minimum Gasteiger partial charge on any atom is -0.398 e. The van der Waals surface area contributed by atoms with E-state index in [1.165, 1.54) is 18.2 Å². The summed E-state index contributed by atoms with van der Waals surface area (Å²) in [6, 6.07) is 9.31. The molecule has 2 heterocycles. The van der Waals surface area contributed by atoms with E-state index in [1.807, 2.05) is 0 Å². The quantitative estimate of drug-likeness (QED) is 0.317. The van der Waals surface area contributed by atoms with Gasteiger partial charge in [0.15, 0.2) is 0 Å². The number of rotatable bonds is 7. The molecule has 0 aromatic heterocycles. The highest BCUT2D eigenvalue weighted by atomic mass is 19.4. The number of alkyl halides is 6. The third-order valence-corrected chi connectivity index (χ3v) is 7.66. The fraction of sp³-hybridized carbons (Fsp3) is 0.500. The van der Waals surface area contributed by atoms with Gasteiger partial charge in [0.2, 0.25) is 0 Å². The van der Waals surface area contributed by atoms with Crippen LogP contribution in [0.1, 0.15) is 30.9 Å². The van der Waals surface area contributed by atoms with Gasteiger partial charge in [-0.2, -0.15) is 26.3 Å². The zero-order valence-electron chi connectivity index (χ0n) is 22.0. The van der Waals surface area contributed by atoms with Crippen LogP contribution in [-0.2, 0) is 12.4 Å². The monoisotopic (exact) mass is 555 g/mol. The number of hydrogen-bond donors (Lipinski definition) is 2. The Morgan fingerprint density at radius 2 is 1.54 bits per heavy atom. The number of benzene rings is 2. The van der Waals surface area contributed by atoms with Crippen molar-refractivity contribution in [2.45, 2.75) is 38.2 Å². The van der Waals surface area contributed by atoms with Crippen LogP contribution >= 0.6 is 0 Å². The Bertz CT molecular complexity index is 1110. The molecule has 2 aromatic rings. The molecule has 1 atom stereocenters. The van der Waals surface area contributed by atoms with Crippen molar-refractivity contribution in [1.82, 2.24) is 9.80 Å². The van der Waals surface area contributed by atoms with Crippen LogP contribution in [0, 0.1) is 5.92 Å². The van der Waals surface area contributed by atoms with Crippen LogP contribution < -0.4 is 16.0 Å². The van der Waals surface area contributed by atoms with Gasteiger partial charge in [0, 0.05) is 80.5 Å². The first-order valence-corrected chi connectivity index (χ1v) is 13.1. The summed E-state index contributed by atoms with van der Waals surface area (Å²) in [5, 5.41) is 3.22. The molecular formula is C28H35F6N5. The first-order chi connectivity index (χ1) is 18.3. The van der Waals surface area contributed by atoms with Crippen molar-refractivity contribution in [2.24, 2.45) is 5.92 Å². The van der Waals surface area contributed by atoms with Gasteiger partial charge in [-0.05, 0) is 55.3 Å². The van der Waals surface area contributed by atoms with Crippen molar-refractivity contribution in [3.8, 4) is 0 Å². The molecule has 0 amide bonds. The second-order valence-electron chi connectivity index (χ2n) is 10.4. The van der Waals surface area contributed by atoms with E-state index >= 15 is 0 Å². The average molecular weight is 556 g/mol. The Kier molecular flexibility index (Phi) is 8.58. The van der Waals surface area contributed by atoms with Crippen LogP contribution in [0.25, 0.3) is 0 Å². The molecule has 0 spiro atoms. The Morgan fingerprint density at radius 3 is 2.10 bits per heavy atom. The second kappa shape index (κ2) is 11.6. The van der Waals surface area contributed by atoms with Crippen LogP contribution in [0.5, 0.6) is 0 Å². The molecule has 0 aliphatic carbocycles. The highest BCUT2D eigenvalue weighted by Gasteiger charge is 2.34. The van der Waals surface area contributed by atoms with Crippen molar-refractivity contribution < 1.29 is 26.3 Å². The highest BCUT2D eigenvalue weighted by molar-refractivity contribution is 5.58. The van der Waals surface area contributed by atoms with Gasteiger partial charge in [-0.25, -0.2) is 0 Å². The summed E-state index contributed by atoms with van der Waals surface area (Å²) in [6.45, 7) is 11.9. The number of nitrogens with zero attached hydrogens (tertiary/aromatic N) is 3. The molecule has 3 N–H and O–H groups in total. The number of piperidine rings is 1. The van der Waals surface area contributed by atoms with E-state index < -0.39 is 23.5 Å². The zero-order valence-corrected chi connectivity index (χ0v) is 22.0. The molecule has 5 nitrogen and oxygen atoms in total. The molecule has 2 aliphatic heterocycles. The summed E-state index contributed by atoms with van der Waals surface area (Å²) < 4.78 is 78.0. The predicted molar refractivity (Wildman–Crippen MR) is 142 cm³/mol. The number of nitrogen functional groups attached to an aromatic ring is 1. The van der Waals surface area contributed by atoms with Gasteiger partial charge < -0.3 is 20.9 Å². The molecule has 11 heteroatoms. The molecular weight excluding hydrogens is 520 g/mol. The summed E-state index contributed by atoms with van der Waals surface area (Å²) in [5.74, 6) is 0.221.